The molecule has 2 atom stereocenters. The summed E-state index contributed by atoms with van der Waals surface area (Å²) >= 11 is 0. The molecule has 0 spiro atoms. The first-order valence-corrected chi connectivity index (χ1v) is 6.79. The molecule has 1 aromatic carbocycles. The van der Waals surface area contributed by atoms with Crippen molar-refractivity contribution in [2.24, 2.45) is 0 Å². The van der Waals surface area contributed by atoms with Crippen LogP contribution >= 0.6 is 9.39 Å². The van der Waals surface area contributed by atoms with Gasteiger partial charge in [0.15, 0.2) is 0 Å². The highest BCUT2D eigenvalue weighted by atomic mass is 31.0. The summed E-state index contributed by atoms with van der Waals surface area (Å²) in [6, 6.07) is 9.07. The SMILES string of the molecule is CCNC(=O)C(Cc1ccccc1)NC(=O)CNP. The van der Waals surface area contributed by atoms with Gasteiger partial charge in [0.1, 0.15) is 6.04 Å². The van der Waals surface area contributed by atoms with Crippen LogP contribution in [0.1, 0.15) is 12.5 Å². The fourth-order valence-electron chi connectivity index (χ4n) is 1.69. The smallest absolute Gasteiger partial charge is 0.242 e. The van der Waals surface area contributed by atoms with E-state index in [9.17, 15) is 9.59 Å². The first kappa shape index (κ1) is 15.6. The largest absolute Gasteiger partial charge is 0.355 e. The molecule has 0 bridgehead atoms. The first-order chi connectivity index (χ1) is 9.17. The number of carbonyl (C=O) groups excluding carboxylic acids is 2. The minimum atomic E-state index is -0.548. The van der Waals surface area contributed by atoms with Crippen LogP contribution in [0.5, 0.6) is 0 Å². The lowest BCUT2D eigenvalue weighted by Gasteiger charge is -2.18. The third kappa shape index (κ3) is 5.81. The van der Waals surface area contributed by atoms with Crippen molar-refractivity contribution < 1.29 is 9.59 Å². The van der Waals surface area contributed by atoms with Crippen LogP contribution < -0.4 is 15.7 Å². The molecule has 6 heteroatoms. The maximum Gasteiger partial charge on any atom is 0.242 e. The number of likely N-dealkylation sites (N-methyl/N-ethyl adjacent to an activating group) is 1. The van der Waals surface area contributed by atoms with Crippen LogP contribution in [0.2, 0.25) is 0 Å². The molecule has 5 nitrogen and oxygen atoms in total. The Balaban J connectivity index is 2.69. The van der Waals surface area contributed by atoms with Gasteiger partial charge in [-0.25, -0.2) is 0 Å². The van der Waals surface area contributed by atoms with Crippen molar-refractivity contribution in [1.82, 2.24) is 15.7 Å². The van der Waals surface area contributed by atoms with Gasteiger partial charge in [0, 0.05) is 13.0 Å². The molecule has 0 radical (unpaired) electrons. The highest BCUT2D eigenvalue weighted by molar-refractivity contribution is 7.13. The van der Waals surface area contributed by atoms with Crippen molar-refractivity contribution in [3.8, 4) is 0 Å². The van der Waals surface area contributed by atoms with Gasteiger partial charge < -0.3 is 10.6 Å². The van der Waals surface area contributed by atoms with E-state index in [-0.39, 0.29) is 18.4 Å². The van der Waals surface area contributed by atoms with E-state index in [1.54, 1.807) is 0 Å². The van der Waals surface area contributed by atoms with Crippen molar-refractivity contribution in [2.75, 3.05) is 13.1 Å². The molecular weight excluding hydrogens is 261 g/mol. The highest BCUT2D eigenvalue weighted by Gasteiger charge is 2.20. The number of nitrogens with one attached hydrogen (secondary N) is 3. The molecule has 0 aliphatic heterocycles. The molecule has 0 aliphatic carbocycles. The average molecular weight is 281 g/mol. The van der Waals surface area contributed by atoms with Crippen LogP contribution in [0, 0.1) is 0 Å². The fraction of sp³-hybridized carbons (Fsp3) is 0.385. The number of carbonyl (C=O) groups is 2. The van der Waals surface area contributed by atoms with Crippen molar-refractivity contribution in [3.63, 3.8) is 0 Å². The van der Waals surface area contributed by atoms with Crippen LogP contribution in [0.25, 0.3) is 0 Å². The van der Waals surface area contributed by atoms with E-state index < -0.39 is 6.04 Å². The summed E-state index contributed by atoms with van der Waals surface area (Å²) in [6.07, 6.45) is 0.481. The summed E-state index contributed by atoms with van der Waals surface area (Å²) in [4.78, 5) is 23.5. The summed E-state index contributed by atoms with van der Waals surface area (Å²) in [6.45, 7) is 2.56. The van der Waals surface area contributed by atoms with Crippen LogP contribution in [0.3, 0.4) is 0 Å². The van der Waals surface area contributed by atoms with Crippen LogP contribution in [0.15, 0.2) is 30.3 Å². The predicted molar refractivity (Wildman–Crippen MR) is 78.5 cm³/mol. The van der Waals surface area contributed by atoms with Gasteiger partial charge in [0.25, 0.3) is 0 Å². The molecule has 2 unspecified atom stereocenters. The summed E-state index contributed by atoms with van der Waals surface area (Å²) in [5, 5.41) is 8.14. The summed E-state index contributed by atoms with van der Waals surface area (Å²) in [7, 11) is 2.26. The monoisotopic (exact) mass is 281 g/mol. The second-order valence-electron chi connectivity index (χ2n) is 4.09. The number of rotatable bonds is 7. The third-order valence-electron chi connectivity index (χ3n) is 2.55. The van der Waals surface area contributed by atoms with Gasteiger partial charge in [0.05, 0.1) is 6.54 Å². The van der Waals surface area contributed by atoms with E-state index in [0.29, 0.717) is 13.0 Å². The Morgan fingerprint density at radius 2 is 1.95 bits per heavy atom. The van der Waals surface area contributed by atoms with Crippen LogP contribution in [0.4, 0.5) is 0 Å². The first-order valence-electron chi connectivity index (χ1n) is 6.21. The van der Waals surface area contributed by atoms with Crippen molar-refractivity contribution in [2.45, 2.75) is 19.4 Å². The zero-order valence-electron chi connectivity index (χ0n) is 11.0. The molecule has 0 saturated carbocycles. The van der Waals surface area contributed by atoms with Gasteiger partial charge in [-0.1, -0.05) is 39.7 Å². The molecule has 0 aliphatic rings. The molecule has 1 rings (SSSR count). The second-order valence-corrected chi connectivity index (χ2v) is 4.49. The van der Waals surface area contributed by atoms with E-state index in [4.69, 9.17) is 0 Å². The molecule has 0 heterocycles. The summed E-state index contributed by atoms with van der Waals surface area (Å²) < 4.78 is 0. The zero-order valence-corrected chi connectivity index (χ0v) is 12.1. The van der Waals surface area contributed by atoms with Crippen molar-refractivity contribution in [1.29, 1.82) is 0 Å². The Morgan fingerprint density at radius 1 is 1.26 bits per heavy atom. The highest BCUT2D eigenvalue weighted by Crippen LogP contribution is 2.03. The van der Waals surface area contributed by atoms with E-state index in [0.717, 1.165) is 5.56 Å². The molecule has 0 aromatic heterocycles. The lowest BCUT2D eigenvalue weighted by atomic mass is 10.1. The maximum atomic E-state index is 11.9. The molecule has 2 amide bonds. The summed E-state index contributed by atoms with van der Waals surface area (Å²) in [5.74, 6) is -0.370. The molecule has 1 aromatic rings. The Bertz CT molecular complexity index is 412. The number of benzene rings is 1. The number of hydrogen-bond donors (Lipinski definition) is 3. The lowest BCUT2D eigenvalue weighted by molar-refractivity contribution is -0.128. The van der Waals surface area contributed by atoms with E-state index in [2.05, 4.69) is 25.1 Å². The van der Waals surface area contributed by atoms with Crippen LogP contribution in [-0.4, -0.2) is 30.9 Å². The van der Waals surface area contributed by atoms with E-state index in [1.165, 1.54) is 0 Å². The quantitative estimate of drug-likeness (QED) is 0.627. The minimum Gasteiger partial charge on any atom is -0.355 e. The Morgan fingerprint density at radius 3 is 2.53 bits per heavy atom. The van der Waals surface area contributed by atoms with Crippen molar-refractivity contribution >= 4 is 21.2 Å². The predicted octanol–water partition coefficient (Wildman–Crippen LogP) is 0.230. The Hall–Kier alpha value is -1.45. The standard InChI is InChI=1S/C13H20N3O2P/c1-2-14-13(18)11(16-12(17)9-15-19)8-10-6-4-3-5-7-10/h3-7,11,15H,2,8-9,19H2,1H3,(H,14,18)(H,16,17). The van der Waals surface area contributed by atoms with Gasteiger partial charge in [-0.2, -0.15) is 0 Å². The molecule has 0 fully saturated rings. The fourth-order valence-corrected chi connectivity index (χ4v) is 1.88. The molecule has 0 saturated heterocycles. The van der Waals surface area contributed by atoms with Gasteiger partial charge in [-0.15, -0.1) is 0 Å². The lowest BCUT2D eigenvalue weighted by Crippen LogP contribution is -2.49. The maximum absolute atomic E-state index is 11.9. The zero-order chi connectivity index (χ0) is 14.1. The van der Waals surface area contributed by atoms with E-state index in [1.807, 2.05) is 37.3 Å². The van der Waals surface area contributed by atoms with Crippen LogP contribution in [-0.2, 0) is 16.0 Å². The molecule has 19 heavy (non-hydrogen) atoms. The average Bonchev–Trinajstić information content (AvgIpc) is 2.40. The Kier molecular flexibility index (Phi) is 7.08. The molecular formula is C13H20N3O2P. The number of hydrogen-bond acceptors (Lipinski definition) is 3. The topological polar surface area (TPSA) is 70.2 Å². The minimum absolute atomic E-state index is 0.162. The Labute approximate surface area is 115 Å². The van der Waals surface area contributed by atoms with Gasteiger partial charge >= 0.3 is 0 Å². The van der Waals surface area contributed by atoms with Gasteiger partial charge in [-0.05, 0) is 12.5 Å². The summed E-state index contributed by atoms with van der Waals surface area (Å²) in [5.41, 5.74) is 1.01. The van der Waals surface area contributed by atoms with Gasteiger partial charge in [0.2, 0.25) is 11.8 Å². The normalized spacial score (nSPS) is 11.7. The second kappa shape index (κ2) is 8.62. The van der Waals surface area contributed by atoms with Crippen molar-refractivity contribution in [3.05, 3.63) is 35.9 Å². The third-order valence-corrected chi connectivity index (χ3v) is 2.75. The molecule has 3 N–H and O–H groups in total. The number of amides is 2. The molecule has 104 valence electrons. The van der Waals surface area contributed by atoms with Gasteiger partial charge in [-0.3, -0.25) is 14.7 Å². The van der Waals surface area contributed by atoms with E-state index >= 15 is 0 Å².